The van der Waals surface area contributed by atoms with Gasteiger partial charge in [0.15, 0.2) is 0 Å². The zero-order valence-electron chi connectivity index (χ0n) is 5.85. The first-order chi connectivity index (χ1) is 5.24. The van der Waals surface area contributed by atoms with Crippen LogP contribution in [0.5, 0.6) is 0 Å². The number of halogens is 2. The lowest BCUT2D eigenvalue weighted by Gasteiger charge is -2.00. The molecule has 0 aliphatic heterocycles. The molecule has 60 valence electrons. The molecule has 0 aliphatic carbocycles. The van der Waals surface area contributed by atoms with Crippen LogP contribution in [0.25, 0.3) is 0 Å². The van der Waals surface area contributed by atoms with Gasteiger partial charge in [0.05, 0.1) is 0 Å². The van der Waals surface area contributed by atoms with Gasteiger partial charge in [-0.2, -0.15) is 12.6 Å². The summed E-state index contributed by atoms with van der Waals surface area (Å²) in [6.07, 6.45) is 0.888. The normalized spacial score (nSPS) is 10.1. The van der Waals surface area contributed by atoms with Gasteiger partial charge in [0.25, 0.3) is 0 Å². The fourth-order valence-electron chi connectivity index (χ4n) is 0.845. The van der Waals surface area contributed by atoms with Crippen molar-refractivity contribution in [1.29, 1.82) is 0 Å². The second-order valence-electron chi connectivity index (χ2n) is 2.21. The van der Waals surface area contributed by atoms with Crippen molar-refractivity contribution in [3.05, 3.63) is 33.8 Å². The van der Waals surface area contributed by atoms with Crippen molar-refractivity contribution in [2.24, 2.45) is 0 Å². The van der Waals surface area contributed by atoms with E-state index in [1.54, 1.807) is 6.07 Å². The highest BCUT2D eigenvalue weighted by molar-refractivity contribution is 7.80. The zero-order valence-corrected chi connectivity index (χ0v) is 8.26. The Morgan fingerprint density at radius 1 is 1.27 bits per heavy atom. The third-order valence-corrected chi connectivity index (χ3v) is 2.21. The van der Waals surface area contributed by atoms with Gasteiger partial charge in [-0.1, -0.05) is 29.3 Å². The highest BCUT2D eigenvalue weighted by atomic mass is 35.5. The van der Waals surface area contributed by atoms with E-state index in [-0.39, 0.29) is 0 Å². The molecule has 0 saturated heterocycles. The first-order valence-corrected chi connectivity index (χ1v) is 4.67. The van der Waals surface area contributed by atoms with Gasteiger partial charge >= 0.3 is 0 Å². The van der Waals surface area contributed by atoms with Crippen molar-refractivity contribution in [2.75, 3.05) is 5.75 Å². The molecule has 0 heterocycles. The van der Waals surface area contributed by atoms with Crippen molar-refractivity contribution < 1.29 is 0 Å². The van der Waals surface area contributed by atoms with Crippen LogP contribution >= 0.6 is 35.8 Å². The second kappa shape index (κ2) is 4.24. The molecule has 0 amide bonds. The van der Waals surface area contributed by atoms with Gasteiger partial charge in [0.2, 0.25) is 0 Å². The lowest BCUT2D eigenvalue weighted by Crippen LogP contribution is -1.86. The molecule has 1 rings (SSSR count). The molecule has 0 bridgehead atoms. The van der Waals surface area contributed by atoms with Crippen LogP contribution in [0.3, 0.4) is 0 Å². The largest absolute Gasteiger partial charge is 0.179 e. The van der Waals surface area contributed by atoms with Gasteiger partial charge in [0.1, 0.15) is 0 Å². The van der Waals surface area contributed by atoms with Crippen LogP contribution < -0.4 is 0 Å². The Hall–Kier alpha value is 0.150. The summed E-state index contributed by atoms with van der Waals surface area (Å²) in [7, 11) is 0. The smallest absolute Gasteiger partial charge is 0.0453 e. The third kappa shape index (κ3) is 2.58. The van der Waals surface area contributed by atoms with E-state index in [2.05, 4.69) is 12.6 Å². The van der Waals surface area contributed by atoms with Crippen LogP contribution in [-0.2, 0) is 6.42 Å². The minimum atomic E-state index is 0.679. The molecular weight excluding hydrogens is 199 g/mol. The number of thiol groups is 1. The maximum atomic E-state index is 5.89. The molecule has 1 aromatic rings. The summed E-state index contributed by atoms with van der Waals surface area (Å²) in [5, 5.41) is 1.41. The summed E-state index contributed by atoms with van der Waals surface area (Å²) in [6.45, 7) is 0. The predicted molar refractivity (Wildman–Crippen MR) is 54.0 cm³/mol. The minimum Gasteiger partial charge on any atom is -0.179 e. The monoisotopic (exact) mass is 206 g/mol. The van der Waals surface area contributed by atoms with Gasteiger partial charge in [-0.05, 0) is 29.9 Å². The average molecular weight is 207 g/mol. The van der Waals surface area contributed by atoms with Crippen LogP contribution in [0.15, 0.2) is 18.2 Å². The number of hydrogen-bond acceptors (Lipinski definition) is 1. The summed E-state index contributed by atoms with van der Waals surface area (Å²) >= 11 is 15.7. The Kier molecular flexibility index (Phi) is 3.57. The van der Waals surface area contributed by atoms with E-state index >= 15 is 0 Å². The number of aryl methyl sites for hydroxylation is 1. The van der Waals surface area contributed by atoms with E-state index in [9.17, 15) is 0 Å². The van der Waals surface area contributed by atoms with Crippen molar-refractivity contribution in [1.82, 2.24) is 0 Å². The van der Waals surface area contributed by atoms with Crippen LogP contribution in [0.2, 0.25) is 10.0 Å². The molecule has 0 aliphatic rings. The SMILES string of the molecule is SCCc1ccc(Cl)cc1Cl. The minimum absolute atomic E-state index is 0.679. The standard InChI is InChI=1S/C8H8Cl2S/c9-7-2-1-6(3-4-11)8(10)5-7/h1-2,5,11H,3-4H2. The molecular formula is C8H8Cl2S. The maximum absolute atomic E-state index is 5.89. The topological polar surface area (TPSA) is 0 Å². The van der Waals surface area contributed by atoms with Crippen molar-refractivity contribution in [2.45, 2.75) is 6.42 Å². The van der Waals surface area contributed by atoms with Crippen LogP contribution in [-0.4, -0.2) is 5.75 Å². The van der Waals surface area contributed by atoms with E-state index < -0.39 is 0 Å². The molecule has 0 fully saturated rings. The number of hydrogen-bond donors (Lipinski definition) is 1. The highest BCUT2D eigenvalue weighted by Crippen LogP contribution is 2.21. The van der Waals surface area contributed by atoms with Crippen molar-refractivity contribution >= 4 is 35.8 Å². The average Bonchev–Trinajstić information content (AvgIpc) is 1.95. The maximum Gasteiger partial charge on any atom is 0.0453 e. The molecule has 1 aromatic carbocycles. The van der Waals surface area contributed by atoms with Gasteiger partial charge in [-0.3, -0.25) is 0 Å². The van der Waals surface area contributed by atoms with Crippen LogP contribution in [0, 0.1) is 0 Å². The zero-order chi connectivity index (χ0) is 8.27. The summed E-state index contributed by atoms with van der Waals surface area (Å²) in [4.78, 5) is 0. The Morgan fingerprint density at radius 3 is 2.55 bits per heavy atom. The molecule has 0 unspecified atom stereocenters. The van der Waals surface area contributed by atoms with Gasteiger partial charge < -0.3 is 0 Å². The molecule has 0 saturated carbocycles. The summed E-state index contributed by atoms with van der Waals surface area (Å²) in [5.74, 6) is 0.807. The Balaban J connectivity index is 2.90. The first-order valence-electron chi connectivity index (χ1n) is 3.29. The predicted octanol–water partition coefficient (Wildman–Crippen LogP) is 3.47. The van der Waals surface area contributed by atoms with Gasteiger partial charge in [-0.15, -0.1) is 0 Å². The van der Waals surface area contributed by atoms with Crippen molar-refractivity contribution in [3.63, 3.8) is 0 Å². The van der Waals surface area contributed by atoms with Crippen LogP contribution in [0.4, 0.5) is 0 Å². The van der Waals surface area contributed by atoms with E-state index in [1.807, 2.05) is 12.1 Å². The fraction of sp³-hybridized carbons (Fsp3) is 0.250. The Bertz CT molecular complexity index is 248. The number of benzene rings is 1. The molecule has 0 atom stereocenters. The lowest BCUT2D eigenvalue weighted by atomic mass is 10.2. The third-order valence-electron chi connectivity index (χ3n) is 1.40. The Morgan fingerprint density at radius 2 is 2.00 bits per heavy atom. The first kappa shape index (κ1) is 9.24. The summed E-state index contributed by atoms with van der Waals surface area (Å²) < 4.78 is 0. The summed E-state index contributed by atoms with van der Waals surface area (Å²) in [5.41, 5.74) is 1.10. The number of rotatable bonds is 2. The second-order valence-corrected chi connectivity index (χ2v) is 3.50. The van der Waals surface area contributed by atoms with Crippen LogP contribution in [0.1, 0.15) is 5.56 Å². The highest BCUT2D eigenvalue weighted by Gasteiger charge is 1.98. The van der Waals surface area contributed by atoms with Gasteiger partial charge in [0, 0.05) is 10.0 Å². The van der Waals surface area contributed by atoms with E-state index in [4.69, 9.17) is 23.2 Å². The molecule has 11 heavy (non-hydrogen) atoms. The molecule has 0 nitrogen and oxygen atoms in total. The molecule has 0 spiro atoms. The lowest BCUT2D eigenvalue weighted by molar-refractivity contribution is 1.16. The quantitative estimate of drug-likeness (QED) is 0.705. The fourth-order valence-corrected chi connectivity index (χ4v) is 1.59. The van der Waals surface area contributed by atoms with Crippen molar-refractivity contribution in [3.8, 4) is 0 Å². The summed E-state index contributed by atoms with van der Waals surface area (Å²) in [6, 6.07) is 5.52. The van der Waals surface area contributed by atoms with E-state index in [1.165, 1.54) is 0 Å². The molecule has 0 radical (unpaired) electrons. The molecule has 0 N–H and O–H groups in total. The van der Waals surface area contributed by atoms with Gasteiger partial charge in [-0.25, -0.2) is 0 Å². The molecule has 0 aromatic heterocycles. The van der Waals surface area contributed by atoms with E-state index in [0.717, 1.165) is 22.8 Å². The van der Waals surface area contributed by atoms with E-state index in [0.29, 0.717) is 5.02 Å². The Labute approximate surface area is 81.9 Å². The molecule has 3 heteroatoms.